The summed E-state index contributed by atoms with van der Waals surface area (Å²) in [6.07, 6.45) is 3.91. The van der Waals surface area contributed by atoms with Crippen molar-refractivity contribution in [2.45, 2.75) is 55.9 Å². The van der Waals surface area contributed by atoms with Crippen LogP contribution in [0.25, 0.3) is 0 Å². The fraction of sp³-hybridized carbons (Fsp3) is 0.538. The highest BCUT2D eigenvalue weighted by molar-refractivity contribution is 7.91. The van der Waals surface area contributed by atoms with Gasteiger partial charge in [-0.3, -0.25) is 0 Å². The summed E-state index contributed by atoms with van der Waals surface area (Å²) < 4.78 is 46.0. The van der Waals surface area contributed by atoms with Crippen LogP contribution in [0, 0.1) is 11.7 Å². The summed E-state index contributed by atoms with van der Waals surface area (Å²) in [5.41, 5.74) is 3.49. The largest absolute Gasteiger partial charge is 0.378 e. The zero-order valence-electron chi connectivity index (χ0n) is 19.4. The van der Waals surface area contributed by atoms with Gasteiger partial charge in [-0.25, -0.2) is 12.8 Å². The third kappa shape index (κ3) is 4.62. The van der Waals surface area contributed by atoms with Crippen LogP contribution >= 0.6 is 0 Å². The van der Waals surface area contributed by atoms with Crippen LogP contribution in [0.1, 0.15) is 56.7 Å². The maximum atomic E-state index is 14.6. The lowest BCUT2D eigenvalue weighted by molar-refractivity contribution is 0.122. The minimum absolute atomic E-state index is 0.0552. The minimum atomic E-state index is -3.29. The number of sulfone groups is 1. The molecule has 0 bridgehead atoms. The van der Waals surface area contributed by atoms with Crippen molar-refractivity contribution in [3.8, 4) is 0 Å². The number of fused-ring (bicyclic) bond motifs is 1. The number of hydrogen-bond donors (Lipinski definition) is 1. The Morgan fingerprint density at radius 3 is 2.58 bits per heavy atom. The highest BCUT2D eigenvalue weighted by Crippen LogP contribution is 2.45. The lowest BCUT2D eigenvalue weighted by Crippen LogP contribution is -2.36. The Balaban J connectivity index is 1.43. The second-order valence-corrected chi connectivity index (χ2v) is 12.4. The zero-order chi connectivity index (χ0) is 23.2. The fourth-order valence-electron chi connectivity index (χ4n) is 5.33. The number of nitrogens with one attached hydrogen (secondary N) is 1. The van der Waals surface area contributed by atoms with Crippen molar-refractivity contribution in [2.75, 3.05) is 42.3 Å². The molecule has 33 heavy (non-hydrogen) atoms. The molecular weight excluding hydrogens is 439 g/mol. The smallest absolute Gasteiger partial charge is 0.178 e. The average molecular weight is 473 g/mol. The van der Waals surface area contributed by atoms with Crippen LogP contribution < -0.4 is 10.2 Å². The summed E-state index contributed by atoms with van der Waals surface area (Å²) in [5.74, 6) is 0.308. The molecule has 1 saturated heterocycles. The molecule has 178 valence electrons. The maximum Gasteiger partial charge on any atom is 0.178 e. The van der Waals surface area contributed by atoms with E-state index in [-0.39, 0.29) is 23.0 Å². The molecule has 0 amide bonds. The SMILES string of the molecule is CC1(C)CC(c2cc(F)cc(N3CCOCC3)c2)Nc2ccc(S(=O)(=O)CC3CCC3)cc21. The monoisotopic (exact) mass is 472 g/mol. The first kappa shape index (κ1) is 22.7. The molecule has 3 aliphatic rings. The summed E-state index contributed by atoms with van der Waals surface area (Å²) in [7, 11) is -3.29. The van der Waals surface area contributed by atoms with Crippen LogP contribution in [0.2, 0.25) is 0 Å². The quantitative estimate of drug-likeness (QED) is 0.658. The molecule has 5 rings (SSSR count). The van der Waals surface area contributed by atoms with Crippen LogP contribution in [-0.2, 0) is 20.0 Å². The van der Waals surface area contributed by atoms with E-state index in [0.717, 1.165) is 61.3 Å². The number of anilines is 2. The third-order valence-electron chi connectivity index (χ3n) is 7.49. The van der Waals surface area contributed by atoms with E-state index in [1.165, 1.54) is 0 Å². The van der Waals surface area contributed by atoms with Crippen LogP contribution in [0.3, 0.4) is 0 Å². The first-order chi connectivity index (χ1) is 15.7. The Hall–Kier alpha value is -2.12. The van der Waals surface area contributed by atoms with Crippen LogP contribution in [0.4, 0.5) is 15.8 Å². The van der Waals surface area contributed by atoms with E-state index in [1.54, 1.807) is 18.2 Å². The molecule has 1 unspecified atom stereocenters. The highest BCUT2D eigenvalue weighted by atomic mass is 32.2. The molecule has 1 atom stereocenters. The van der Waals surface area contributed by atoms with Gasteiger partial charge in [-0.15, -0.1) is 0 Å². The number of benzene rings is 2. The van der Waals surface area contributed by atoms with Gasteiger partial charge in [0.25, 0.3) is 0 Å². The molecule has 1 N–H and O–H groups in total. The van der Waals surface area contributed by atoms with Gasteiger partial charge < -0.3 is 15.0 Å². The van der Waals surface area contributed by atoms with Crippen molar-refractivity contribution in [3.05, 3.63) is 53.3 Å². The van der Waals surface area contributed by atoms with E-state index in [9.17, 15) is 12.8 Å². The molecule has 1 aliphatic carbocycles. The summed E-state index contributed by atoms with van der Waals surface area (Å²) >= 11 is 0. The van der Waals surface area contributed by atoms with E-state index in [4.69, 9.17) is 4.74 Å². The zero-order valence-corrected chi connectivity index (χ0v) is 20.3. The predicted octanol–water partition coefficient (Wildman–Crippen LogP) is 5.07. The average Bonchev–Trinajstić information content (AvgIpc) is 2.76. The Kier molecular flexibility index (Phi) is 5.90. The Morgan fingerprint density at radius 1 is 1.12 bits per heavy atom. The van der Waals surface area contributed by atoms with E-state index in [0.29, 0.717) is 24.0 Å². The molecule has 1 saturated carbocycles. The van der Waals surface area contributed by atoms with Crippen molar-refractivity contribution in [2.24, 2.45) is 5.92 Å². The topological polar surface area (TPSA) is 58.6 Å². The minimum Gasteiger partial charge on any atom is -0.378 e. The van der Waals surface area contributed by atoms with Crippen molar-refractivity contribution >= 4 is 21.2 Å². The van der Waals surface area contributed by atoms with Gasteiger partial charge in [0.2, 0.25) is 0 Å². The van der Waals surface area contributed by atoms with E-state index < -0.39 is 9.84 Å². The first-order valence-corrected chi connectivity index (χ1v) is 13.6. The van der Waals surface area contributed by atoms with E-state index >= 15 is 0 Å². The van der Waals surface area contributed by atoms with Crippen molar-refractivity contribution < 1.29 is 17.5 Å². The number of morpholine rings is 1. The molecule has 2 aromatic rings. The van der Waals surface area contributed by atoms with Gasteiger partial charge in [0.1, 0.15) is 5.82 Å². The number of ether oxygens (including phenoxy) is 1. The molecule has 2 aromatic carbocycles. The van der Waals surface area contributed by atoms with Crippen LogP contribution in [0.15, 0.2) is 41.3 Å². The summed E-state index contributed by atoms with van der Waals surface area (Å²) in [4.78, 5) is 2.58. The van der Waals surface area contributed by atoms with E-state index in [2.05, 4.69) is 30.1 Å². The van der Waals surface area contributed by atoms with Gasteiger partial charge in [-0.05, 0) is 78.1 Å². The van der Waals surface area contributed by atoms with Gasteiger partial charge in [-0.2, -0.15) is 0 Å². The van der Waals surface area contributed by atoms with Crippen molar-refractivity contribution in [1.29, 1.82) is 0 Å². The summed E-state index contributed by atoms with van der Waals surface area (Å²) in [6.45, 7) is 7.11. The normalized spacial score (nSPS) is 22.9. The van der Waals surface area contributed by atoms with Gasteiger partial charge >= 0.3 is 0 Å². The molecule has 2 fully saturated rings. The predicted molar refractivity (Wildman–Crippen MR) is 129 cm³/mol. The molecule has 2 heterocycles. The molecule has 0 spiro atoms. The van der Waals surface area contributed by atoms with Gasteiger partial charge in [-0.1, -0.05) is 20.3 Å². The Bertz CT molecular complexity index is 1140. The maximum absolute atomic E-state index is 14.6. The molecule has 2 aliphatic heterocycles. The molecule has 7 heteroatoms. The third-order valence-corrected chi connectivity index (χ3v) is 9.37. The Morgan fingerprint density at radius 2 is 1.88 bits per heavy atom. The number of halogens is 1. The molecular formula is C26H33FN2O3S. The second kappa shape index (κ2) is 8.58. The number of hydrogen-bond acceptors (Lipinski definition) is 5. The lowest BCUT2D eigenvalue weighted by Gasteiger charge is -2.39. The summed E-state index contributed by atoms with van der Waals surface area (Å²) in [6, 6.07) is 10.7. The standard InChI is InChI=1S/C26H33FN2O3S/c1-26(2)16-25(19-12-20(27)14-21(13-19)29-8-10-32-11-9-29)28-24-7-6-22(15-23(24)26)33(30,31)17-18-4-3-5-18/h6-7,12-15,18,25,28H,3-5,8-11,16-17H2,1-2H3. The van der Waals surface area contributed by atoms with Crippen molar-refractivity contribution in [3.63, 3.8) is 0 Å². The molecule has 5 nitrogen and oxygen atoms in total. The first-order valence-electron chi connectivity index (χ1n) is 12.0. The van der Waals surface area contributed by atoms with E-state index in [1.807, 2.05) is 12.1 Å². The molecule has 0 radical (unpaired) electrons. The Labute approximate surface area is 196 Å². The number of nitrogens with zero attached hydrogens (tertiary/aromatic N) is 1. The summed E-state index contributed by atoms with van der Waals surface area (Å²) in [5, 5.41) is 3.56. The fourth-order valence-corrected chi connectivity index (χ4v) is 7.05. The lowest BCUT2D eigenvalue weighted by atomic mass is 9.74. The second-order valence-electron chi connectivity index (χ2n) is 10.4. The molecule has 0 aromatic heterocycles. The van der Waals surface area contributed by atoms with Gasteiger partial charge in [0, 0.05) is 24.5 Å². The van der Waals surface area contributed by atoms with Gasteiger partial charge in [0.05, 0.1) is 29.9 Å². The van der Waals surface area contributed by atoms with Crippen molar-refractivity contribution in [1.82, 2.24) is 0 Å². The highest BCUT2D eigenvalue weighted by Gasteiger charge is 2.35. The van der Waals surface area contributed by atoms with Crippen LogP contribution in [0.5, 0.6) is 0 Å². The van der Waals surface area contributed by atoms with Crippen LogP contribution in [-0.4, -0.2) is 40.5 Å². The van der Waals surface area contributed by atoms with Gasteiger partial charge in [0.15, 0.2) is 9.84 Å². The number of rotatable bonds is 5.